The van der Waals surface area contributed by atoms with Crippen LogP contribution in [0.5, 0.6) is 0 Å². The summed E-state index contributed by atoms with van der Waals surface area (Å²) in [4.78, 5) is 0. The number of aliphatic hydroxyl groups excluding tert-OH is 1. The second kappa shape index (κ2) is 5.47. The normalized spacial score (nSPS) is 12.1. The Labute approximate surface area is 73.5 Å². The molecule has 0 radical (unpaired) electrons. The Morgan fingerprint density at radius 2 is 1.83 bits per heavy atom. The highest BCUT2D eigenvalue weighted by molar-refractivity contribution is 5.21. The van der Waals surface area contributed by atoms with Crippen molar-refractivity contribution in [2.24, 2.45) is 0 Å². The molecule has 0 amide bonds. The maximum atomic E-state index is 8.61. The zero-order valence-electron chi connectivity index (χ0n) is 7.83. The maximum Gasteiger partial charge on any atom is 0.277 e. The third-order valence-electron chi connectivity index (χ3n) is 1.64. The summed E-state index contributed by atoms with van der Waals surface area (Å²) in [7, 11) is 0. The summed E-state index contributed by atoms with van der Waals surface area (Å²) >= 11 is 0. The third-order valence-corrected chi connectivity index (χ3v) is 1.64. The Morgan fingerprint density at radius 1 is 1.25 bits per heavy atom. The summed E-state index contributed by atoms with van der Waals surface area (Å²) in [5.41, 5.74) is 1.73. The van der Waals surface area contributed by atoms with Crippen molar-refractivity contribution < 1.29 is 10.2 Å². The highest BCUT2D eigenvalue weighted by atomic mass is 16.5. The van der Waals surface area contributed by atoms with Crippen molar-refractivity contribution in [3.8, 4) is 0 Å². The zero-order chi connectivity index (χ0) is 9.56. The Kier molecular flexibility index (Phi) is 4.93. The molecule has 2 N–H and O–H groups in total. The van der Waals surface area contributed by atoms with Gasteiger partial charge in [-0.2, -0.15) is 0 Å². The predicted molar refractivity (Wildman–Crippen MR) is 51.1 cm³/mol. The van der Waals surface area contributed by atoms with Crippen LogP contribution in [0.3, 0.4) is 0 Å². The molecule has 0 fully saturated rings. The van der Waals surface area contributed by atoms with E-state index in [4.69, 9.17) is 10.2 Å². The summed E-state index contributed by atoms with van der Waals surface area (Å²) in [6, 6.07) is 0. The van der Waals surface area contributed by atoms with E-state index in [1.165, 1.54) is 5.57 Å². The number of aliphatic hydroxyl groups is 2. The van der Waals surface area contributed by atoms with Crippen molar-refractivity contribution in [2.45, 2.75) is 27.2 Å². The van der Waals surface area contributed by atoms with E-state index in [-0.39, 0.29) is 0 Å². The van der Waals surface area contributed by atoms with Crippen molar-refractivity contribution >= 4 is 0 Å². The molecule has 0 saturated heterocycles. The van der Waals surface area contributed by atoms with Gasteiger partial charge in [0.15, 0.2) is 0 Å². The Balaban J connectivity index is 4.19. The van der Waals surface area contributed by atoms with E-state index in [0.29, 0.717) is 5.57 Å². The van der Waals surface area contributed by atoms with Gasteiger partial charge in [0.1, 0.15) is 0 Å². The molecule has 2 nitrogen and oxygen atoms in total. The number of hydrogen-bond acceptors (Lipinski definition) is 2. The van der Waals surface area contributed by atoms with Crippen LogP contribution in [0, 0.1) is 0 Å². The average Bonchev–Trinajstić information content (AvgIpc) is 2.03. The Bertz CT molecular complexity index is 218. The van der Waals surface area contributed by atoms with Crippen LogP contribution in [0.1, 0.15) is 27.2 Å². The molecule has 0 aliphatic carbocycles. The monoisotopic (exact) mass is 168 g/mol. The quantitative estimate of drug-likeness (QED) is 0.501. The van der Waals surface area contributed by atoms with Crippen LogP contribution in [0.25, 0.3) is 0 Å². The van der Waals surface area contributed by atoms with Gasteiger partial charge in [0, 0.05) is 5.57 Å². The molecular weight excluding hydrogens is 152 g/mol. The topological polar surface area (TPSA) is 40.5 Å². The van der Waals surface area contributed by atoms with Crippen molar-refractivity contribution in [1.82, 2.24) is 0 Å². The fourth-order valence-electron chi connectivity index (χ4n) is 0.549. The van der Waals surface area contributed by atoms with Gasteiger partial charge in [-0.3, -0.25) is 0 Å². The molecular formula is C10H16O2. The zero-order valence-corrected chi connectivity index (χ0v) is 7.83. The summed E-state index contributed by atoms with van der Waals surface area (Å²) in [5.74, 6) is -0.617. The molecule has 0 atom stereocenters. The highest BCUT2D eigenvalue weighted by Crippen LogP contribution is 2.02. The second-order valence-electron chi connectivity index (χ2n) is 2.73. The van der Waals surface area contributed by atoms with E-state index in [1.807, 2.05) is 13.0 Å². The van der Waals surface area contributed by atoms with Crippen molar-refractivity contribution in [3.63, 3.8) is 0 Å². The standard InChI is InChI=1S/C10H16O2/c1-4-8(2)6-5-7-9(3)10(11)12/h5-7,11-12H,4H2,1-3H3/b7-5+,8-6+. The van der Waals surface area contributed by atoms with Gasteiger partial charge in [0.2, 0.25) is 0 Å². The van der Waals surface area contributed by atoms with E-state index < -0.39 is 5.95 Å². The van der Waals surface area contributed by atoms with E-state index >= 15 is 0 Å². The Hall–Kier alpha value is -1.18. The first-order valence-electron chi connectivity index (χ1n) is 4.00. The van der Waals surface area contributed by atoms with Gasteiger partial charge >= 0.3 is 0 Å². The Morgan fingerprint density at radius 3 is 2.25 bits per heavy atom. The highest BCUT2D eigenvalue weighted by Gasteiger charge is 1.89. The van der Waals surface area contributed by atoms with Crippen LogP contribution >= 0.6 is 0 Å². The van der Waals surface area contributed by atoms with Crippen LogP contribution in [0.4, 0.5) is 0 Å². The van der Waals surface area contributed by atoms with Crippen molar-refractivity contribution in [2.75, 3.05) is 0 Å². The minimum Gasteiger partial charge on any atom is -0.481 e. The number of rotatable bonds is 3. The molecule has 0 aliphatic rings. The van der Waals surface area contributed by atoms with E-state index in [9.17, 15) is 0 Å². The number of hydrogen-bond donors (Lipinski definition) is 2. The van der Waals surface area contributed by atoms with E-state index in [0.717, 1.165) is 6.42 Å². The first-order valence-corrected chi connectivity index (χ1v) is 4.00. The molecule has 0 spiro atoms. The van der Waals surface area contributed by atoms with Gasteiger partial charge in [-0.25, -0.2) is 0 Å². The molecule has 12 heavy (non-hydrogen) atoms. The van der Waals surface area contributed by atoms with Gasteiger partial charge in [-0.1, -0.05) is 30.7 Å². The molecule has 0 aliphatic heterocycles. The largest absolute Gasteiger partial charge is 0.481 e. The summed E-state index contributed by atoms with van der Waals surface area (Å²) in [5, 5.41) is 17.2. The predicted octanol–water partition coefficient (Wildman–Crippen LogP) is 3.25. The van der Waals surface area contributed by atoms with Gasteiger partial charge < -0.3 is 10.2 Å². The van der Waals surface area contributed by atoms with Crippen LogP contribution in [-0.2, 0) is 0 Å². The molecule has 0 aromatic carbocycles. The molecule has 0 aromatic rings. The lowest BCUT2D eigenvalue weighted by atomic mass is 10.2. The van der Waals surface area contributed by atoms with Gasteiger partial charge in [-0.05, 0) is 20.3 Å². The lowest BCUT2D eigenvalue weighted by Crippen LogP contribution is -1.80. The van der Waals surface area contributed by atoms with Gasteiger partial charge in [0.05, 0.1) is 0 Å². The first kappa shape index (κ1) is 10.8. The molecule has 0 unspecified atom stereocenters. The first-order chi connectivity index (χ1) is 5.57. The lowest BCUT2D eigenvalue weighted by molar-refractivity contribution is 0.187. The molecule has 2 heteroatoms. The summed E-state index contributed by atoms with van der Waals surface area (Å²) in [6.45, 7) is 5.75. The van der Waals surface area contributed by atoms with Gasteiger partial charge in [0.25, 0.3) is 5.95 Å². The molecule has 0 aromatic heterocycles. The maximum absolute atomic E-state index is 8.61. The van der Waals surface area contributed by atoms with Crippen LogP contribution in [0.15, 0.2) is 35.3 Å². The second-order valence-corrected chi connectivity index (χ2v) is 2.73. The van der Waals surface area contributed by atoms with Crippen LogP contribution in [-0.4, -0.2) is 10.2 Å². The minimum absolute atomic E-state index is 0.468. The fraction of sp³-hybridized carbons (Fsp3) is 0.400. The van der Waals surface area contributed by atoms with Gasteiger partial charge in [-0.15, -0.1) is 0 Å². The lowest BCUT2D eigenvalue weighted by Gasteiger charge is -1.92. The average molecular weight is 168 g/mol. The summed E-state index contributed by atoms with van der Waals surface area (Å²) < 4.78 is 0. The van der Waals surface area contributed by atoms with E-state index in [2.05, 4.69) is 6.92 Å². The van der Waals surface area contributed by atoms with Crippen molar-refractivity contribution in [3.05, 3.63) is 35.3 Å². The van der Waals surface area contributed by atoms with E-state index in [1.54, 1.807) is 19.1 Å². The molecule has 0 rings (SSSR count). The van der Waals surface area contributed by atoms with Crippen LogP contribution in [0.2, 0.25) is 0 Å². The van der Waals surface area contributed by atoms with Crippen LogP contribution < -0.4 is 0 Å². The molecule has 0 saturated carbocycles. The fourth-order valence-corrected chi connectivity index (χ4v) is 0.549. The van der Waals surface area contributed by atoms with Crippen molar-refractivity contribution in [1.29, 1.82) is 0 Å². The molecule has 0 heterocycles. The SMILES string of the molecule is CC/C(C)=C/C=C/C(C)=C(O)O. The molecule has 68 valence electrons. The third kappa shape index (κ3) is 4.61. The minimum atomic E-state index is -0.617. The number of allylic oxidation sites excluding steroid dienone is 5. The molecule has 0 bridgehead atoms. The summed E-state index contributed by atoms with van der Waals surface area (Å²) in [6.07, 6.45) is 6.43. The smallest absolute Gasteiger partial charge is 0.277 e.